The molecule has 0 heterocycles. The molecule has 2 nitrogen and oxygen atoms in total. The van der Waals surface area contributed by atoms with Gasteiger partial charge in [-0.2, -0.15) is 0 Å². The van der Waals surface area contributed by atoms with E-state index in [0.29, 0.717) is 12.0 Å². The van der Waals surface area contributed by atoms with E-state index < -0.39 is 11.8 Å². The molecular formula is C9H8ClFO2. The highest BCUT2D eigenvalue weighted by atomic mass is 35.5. The third-order valence-electron chi connectivity index (χ3n) is 1.62. The summed E-state index contributed by atoms with van der Waals surface area (Å²) in [6.45, 7) is 0. The van der Waals surface area contributed by atoms with Crippen molar-refractivity contribution in [3.8, 4) is 0 Å². The van der Waals surface area contributed by atoms with Gasteiger partial charge in [-0.25, -0.2) is 4.39 Å². The predicted molar refractivity (Wildman–Crippen MR) is 47.4 cm³/mol. The van der Waals surface area contributed by atoms with Gasteiger partial charge >= 0.3 is 5.97 Å². The van der Waals surface area contributed by atoms with Gasteiger partial charge in [0.05, 0.1) is 0 Å². The largest absolute Gasteiger partial charge is 0.481 e. The van der Waals surface area contributed by atoms with E-state index >= 15 is 0 Å². The normalized spacial score (nSPS) is 10.0. The van der Waals surface area contributed by atoms with Crippen molar-refractivity contribution >= 4 is 17.6 Å². The maximum Gasteiger partial charge on any atom is 0.303 e. The van der Waals surface area contributed by atoms with E-state index in [1.807, 2.05) is 0 Å². The van der Waals surface area contributed by atoms with Gasteiger partial charge in [-0.05, 0) is 24.1 Å². The lowest BCUT2D eigenvalue weighted by Gasteiger charge is -2.01. The molecule has 0 atom stereocenters. The predicted octanol–water partition coefficient (Wildman–Crippen LogP) is 2.50. The van der Waals surface area contributed by atoms with E-state index in [0.717, 1.165) is 0 Å². The molecule has 1 aromatic rings. The van der Waals surface area contributed by atoms with Crippen molar-refractivity contribution in [2.75, 3.05) is 0 Å². The van der Waals surface area contributed by atoms with Gasteiger partial charge in [0, 0.05) is 11.4 Å². The standard InChI is InChI=1S/C9H8ClFO2/c10-8-5-7(11)3-1-6(8)2-4-9(12)13/h1,3,5H,2,4H2,(H,12,13). The summed E-state index contributed by atoms with van der Waals surface area (Å²) in [6.07, 6.45) is 0.333. The number of benzene rings is 1. The molecule has 0 bridgehead atoms. The number of carboxylic acids is 1. The second kappa shape index (κ2) is 4.23. The zero-order valence-electron chi connectivity index (χ0n) is 6.76. The summed E-state index contributed by atoms with van der Waals surface area (Å²) in [7, 11) is 0. The fourth-order valence-corrected chi connectivity index (χ4v) is 1.23. The molecule has 0 saturated heterocycles. The van der Waals surface area contributed by atoms with Crippen LogP contribution in [0.2, 0.25) is 5.02 Å². The van der Waals surface area contributed by atoms with Crippen LogP contribution in [-0.2, 0) is 11.2 Å². The topological polar surface area (TPSA) is 37.3 Å². The molecule has 0 aliphatic rings. The third-order valence-corrected chi connectivity index (χ3v) is 1.98. The molecule has 0 fully saturated rings. The highest BCUT2D eigenvalue weighted by molar-refractivity contribution is 6.31. The molecule has 0 aromatic heterocycles. The van der Waals surface area contributed by atoms with Gasteiger partial charge in [-0.3, -0.25) is 4.79 Å². The average Bonchev–Trinajstić information content (AvgIpc) is 2.02. The minimum Gasteiger partial charge on any atom is -0.481 e. The molecule has 0 spiro atoms. The maximum absolute atomic E-state index is 12.5. The average molecular weight is 203 g/mol. The van der Waals surface area contributed by atoms with Crippen LogP contribution in [0.15, 0.2) is 18.2 Å². The summed E-state index contributed by atoms with van der Waals surface area (Å²) in [6, 6.07) is 3.95. The number of hydrogen-bond donors (Lipinski definition) is 1. The molecule has 0 aliphatic carbocycles. The zero-order valence-corrected chi connectivity index (χ0v) is 7.51. The van der Waals surface area contributed by atoms with Gasteiger partial charge in [0.2, 0.25) is 0 Å². The Morgan fingerprint density at radius 1 is 1.54 bits per heavy atom. The monoisotopic (exact) mass is 202 g/mol. The van der Waals surface area contributed by atoms with Gasteiger partial charge < -0.3 is 5.11 Å². The fraction of sp³-hybridized carbons (Fsp3) is 0.222. The van der Waals surface area contributed by atoms with Crippen LogP contribution in [0.1, 0.15) is 12.0 Å². The van der Waals surface area contributed by atoms with Crippen LogP contribution in [0.25, 0.3) is 0 Å². The van der Waals surface area contributed by atoms with E-state index in [1.54, 1.807) is 0 Å². The molecule has 70 valence electrons. The fourth-order valence-electron chi connectivity index (χ4n) is 0.966. The van der Waals surface area contributed by atoms with Crippen LogP contribution in [0.3, 0.4) is 0 Å². The summed E-state index contributed by atoms with van der Waals surface area (Å²) in [5, 5.41) is 8.68. The first-order valence-electron chi connectivity index (χ1n) is 3.75. The highest BCUT2D eigenvalue weighted by Crippen LogP contribution is 2.18. The molecule has 1 rings (SSSR count). The van der Waals surface area contributed by atoms with Crippen LogP contribution in [0, 0.1) is 5.82 Å². The molecule has 13 heavy (non-hydrogen) atoms. The van der Waals surface area contributed by atoms with Crippen molar-refractivity contribution in [1.82, 2.24) is 0 Å². The Balaban J connectivity index is 2.72. The molecule has 4 heteroatoms. The lowest BCUT2D eigenvalue weighted by Crippen LogP contribution is -1.98. The quantitative estimate of drug-likeness (QED) is 0.818. The molecule has 0 amide bonds. The molecule has 1 N–H and O–H groups in total. The summed E-state index contributed by atoms with van der Waals surface area (Å²) in [4.78, 5) is 10.2. The summed E-state index contributed by atoms with van der Waals surface area (Å²) >= 11 is 5.68. The van der Waals surface area contributed by atoms with Gasteiger partial charge in [0.15, 0.2) is 0 Å². The first-order valence-corrected chi connectivity index (χ1v) is 4.13. The maximum atomic E-state index is 12.5. The Morgan fingerprint density at radius 2 is 2.23 bits per heavy atom. The lowest BCUT2D eigenvalue weighted by atomic mass is 10.1. The number of hydrogen-bond acceptors (Lipinski definition) is 1. The summed E-state index contributed by atoms with van der Waals surface area (Å²) in [5.41, 5.74) is 0.658. The molecular weight excluding hydrogens is 195 g/mol. The van der Waals surface area contributed by atoms with Gasteiger partial charge in [0.25, 0.3) is 0 Å². The Bertz CT molecular complexity index is 325. The third kappa shape index (κ3) is 3.03. The number of carbonyl (C=O) groups is 1. The van der Waals surface area contributed by atoms with Gasteiger partial charge in [-0.1, -0.05) is 17.7 Å². The van der Waals surface area contributed by atoms with Crippen LogP contribution in [0.4, 0.5) is 4.39 Å². The van der Waals surface area contributed by atoms with Crippen LogP contribution in [0.5, 0.6) is 0 Å². The van der Waals surface area contributed by atoms with Crippen LogP contribution < -0.4 is 0 Å². The number of aliphatic carboxylic acids is 1. The van der Waals surface area contributed by atoms with Crippen molar-refractivity contribution in [1.29, 1.82) is 0 Å². The molecule has 0 radical (unpaired) electrons. The summed E-state index contributed by atoms with van der Waals surface area (Å²) < 4.78 is 12.5. The van der Waals surface area contributed by atoms with E-state index in [4.69, 9.17) is 16.7 Å². The minimum absolute atomic E-state index is 0.00531. The molecule has 1 aromatic carbocycles. The first kappa shape index (κ1) is 9.99. The minimum atomic E-state index is -0.889. The summed E-state index contributed by atoms with van der Waals surface area (Å²) in [5.74, 6) is -1.30. The van der Waals surface area contributed by atoms with Crippen molar-refractivity contribution < 1.29 is 14.3 Å². The lowest BCUT2D eigenvalue weighted by molar-refractivity contribution is -0.136. The number of halogens is 2. The smallest absolute Gasteiger partial charge is 0.303 e. The first-order chi connectivity index (χ1) is 6.09. The van der Waals surface area contributed by atoms with Crippen molar-refractivity contribution in [2.24, 2.45) is 0 Å². The van der Waals surface area contributed by atoms with Crippen LogP contribution >= 0.6 is 11.6 Å². The van der Waals surface area contributed by atoms with Crippen LogP contribution in [-0.4, -0.2) is 11.1 Å². The zero-order chi connectivity index (χ0) is 9.84. The van der Waals surface area contributed by atoms with Crippen molar-refractivity contribution in [3.05, 3.63) is 34.6 Å². The second-order valence-corrected chi connectivity index (χ2v) is 3.04. The Morgan fingerprint density at radius 3 is 2.77 bits per heavy atom. The van der Waals surface area contributed by atoms with E-state index in [2.05, 4.69) is 0 Å². The molecule has 0 unspecified atom stereocenters. The Labute approximate surface area is 80.0 Å². The highest BCUT2D eigenvalue weighted by Gasteiger charge is 2.04. The van der Waals surface area contributed by atoms with Gasteiger partial charge in [0.1, 0.15) is 5.82 Å². The SMILES string of the molecule is O=C(O)CCc1ccc(F)cc1Cl. The number of aryl methyl sites for hydroxylation is 1. The van der Waals surface area contributed by atoms with Crippen molar-refractivity contribution in [3.63, 3.8) is 0 Å². The molecule has 0 saturated carbocycles. The molecule has 0 aliphatic heterocycles. The number of carboxylic acid groups (broad SMARTS) is 1. The van der Waals surface area contributed by atoms with E-state index in [1.165, 1.54) is 18.2 Å². The Kier molecular flexibility index (Phi) is 3.25. The Hall–Kier alpha value is -1.09. The van der Waals surface area contributed by atoms with E-state index in [-0.39, 0.29) is 11.4 Å². The second-order valence-electron chi connectivity index (χ2n) is 2.63. The van der Waals surface area contributed by atoms with E-state index in [9.17, 15) is 9.18 Å². The van der Waals surface area contributed by atoms with Gasteiger partial charge in [-0.15, -0.1) is 0 Å². The number of rotatable bonds is 3. The van der Waals surface area contributed by atoms with Crippen molar-refractivity contribution in [2.45, 2.75) is 12.8 Å².